The van der Waals surface area contributed by atoms with Gasteiger partial charge in [-0.2, -0.15) is 17.4 Å². The van der Waals surface area contributed by atoms with E-state index in [2.05, 4.69) is 23.9 Å². The van der Waals surface area contributed by atoms with Crippen molar-refractivity contribution in [2.75, 3.05) is 39.4 Å². The molecule has 1 saturated heterocycles. The summed E-state index contributed by atoms with van der Waals surface area (Å²) in [6.45, 7) is 9.70. The fourth-order valence-corrected chi connectivity index (χ4v) is 3.45. The summed E-state index contributed by atoms with van der Waals surface area (Å²) >= 11 is 0. The molecule has 1 heterocycles. The highest BCUT2D eigenvalue weighted by molar-refractivity contribution is 7.87. The van der Waals surface area contributed by atoms with Crippen LogP contribution in [0.5, 0.6) is 0 Å². The second kappa shape index (κ2) is 8.94. The number of hydrogen-bond acceptors (Lipinski definition) is 4. The van der Waals surface area contributed by atoms with Crippen LogP contribution in [0.2, 0.25) is 0 Å². The molecule has 7 heteroatoms. The van der Waals surface area contributed by atoms with Crippen LogP contribution in [-0.2, 0) is 14.9 Å². The van der Waals surface area contributed by atoms with E-state index in [0.717, 1.165) is 19.4 Å². The number of nitrogens with zero attached hydrogens (tertiary/aromatic N) is 1. The highest BCUT2D eigenvalue weighted by Gasteiger charge is 2.27. The van der Waals surface area contributed by atoms with E-state index in [1.54, 1.807) is 4.31 Å². The van der Waals surface area contributed by atoms with Gasteiger partial charge in [0.1, 0.15) is 0 Å². The molecule has 0 atom stereocenters. The lowest BCUT2D eigenvalue weighted by Gasteiger charge is -2.31. The maximum absolute atomic E-state index is 12.1. The topological polar surface area (TPSA) is 70.7 Å². The van der Waals surface area contributed by atoms with Crippen LogP contribution < -0.4 is 10.0 Å². The SMILES string of the molecule is CCOCCNS(=O)(=O)N1CCC(CNC(C)C)CC1. The second-order valence-electron chi connectivity index (χ2n) is 5.50. The lowest BCUT2D eigenvalue weighted by molar-refractivity contribution is 0.152. The van der Waals surface area contributed by atoms with Crippen LogP contribution >= 0.6 is 0 Å². The van der Waals surface area contributed by atoms with Gasteiger partial charge in [0.05, 0.1) is 6.61 Å². The van der Waals surface area contributed by atoms with Gasteiger partial charge < -0.3 is 10.1 Å². The molecule has 20 heavy (non-hydrogen) atoms. The van der Waals surface area contributed by atoms with Crippen LogP contribution in [0.25, 0.3) is 0 Å². The summed E-state index contributed by atoms with van der Waals surface area (Å²) in [4.78, 5) is 0. The van der Waals surface area contributed by atoms with E-state index in [4.69, 9.17) is 4.74 Å². The molecule has 0 spiro atoms. The average Bonchev–Trinajstić information content (AvgIpc) is 2.42. The third-order valence-corrected chi connectivity index (χ3v) is 5.08. The van der Waals surface area contributed by atoms with E-state index >= 15 is 0 Å². The van der Waals surface area contributed by atoms with E-state index in [9.17, 15) is 8.42 Å². The Morgan fingerprint density at radius 1 is 1.30 bits per heavy atom. The summed E-state index contributed by atoms with van der Waals surface area (Å²) in [6.07, 6.45) is 1.85. The minimum Gasteiger partial charge on any atom is -0.380 e. The van der Waals surface area contributed by atoms with E-state index in [-0.39, 0.29) is 0 Å². The maximum atomic E-state index is 12.1. The minimum atomic E-state index is -3.34. The van der Waals surface area contributed by atoms with Crippen LogP contribution in [0.3, 0.4) is 0 Å². The first-order valence-electron chi connectivity index (χ1n) is 7.51. The van der Waals surface area contributed by atoms with Crippen molar-refractivity contribution in [2.24, 2.45) is 5.92 Å². The Morgan fingerprint density at radius 2 is 1.95 bits per heavy atom. The summed E-state index contributed by atoms with van der Waals surface area (Å²) in [5.74, 6) is 0.576. The Hall–Kier alpha value is -0.210. The van der Waals surface area contributed by atoms with Crippen molar-refractivity contribution in [3.05, 3.63) is 0 Å². The molecule has 6 nitrogen and oxygen atoms in total. The summed E-state index contributed by atoms with van der Waals surface area (Å²) in [5.41, 5.74) is 0. The summed E-state index contributed by atoms with van der Waals surface area (Å²) < 4.78 is 33.4. The fraction of sp³-hybridized carbons (Fsp3) is 1.00. The highest BCUT2D eigenvalue weighted by atomic mass is 32.2. The fourth-order valence-electron chi connectivity index (χ4n) is 2.23. The minimum absolute atomic E-state index is 0.338. The second-order valence-corrected chi connectivity index (χ2v) is 7.26. The Morgan fingerprint density at radius 3 is 2.50 bits per heavy atom. The molecule has 0 aromatic rings. The molecular formula is C13H29N3O3S. The normalized spacial score (nSPS) is 18.8. The molecule has 0 unspecified atom stereocenters. The Bertz CT molecular complexity index is 352. The molecule has 0 aromatic carbocycles. The molecule has 1 aliphatic heterocycles. The maximum Gasteiger partial charge on any atom is 0.279 e. The van der Waals surface area contributed by atoms with Crippen molar-refractivity contribution in [1.82, 2.24) is 14.3 Å². The molecule has 1 rings (SSSR count). The summed E-state index contributed by atoms with van der Waals surface area (Å²) in [5, 5.41) is 3.42. The van der Waals surface area contributed by atoms with Crippen molar-refractivity contribution in [2.45, 2.75) is 39.7 Å². The highest BCUT2D eigenvalue weighted by Crippen LogP contribution is 2.18. The van der Waals surface area contributed by atoms with Gasteiger partial charge in [-0.1, -0.05) is 13.8 Å². The summed E-state index contributed by atoms with van der Waals surface area (Å²) in [7, 11) is -3.34. The van der Waals surface area contributed by atoms with Crippen molar-refractivity contribution >= 4 is 10.2 Å². The lowest BCUT2D eigenvalue weighted by atomic mass is 9.98. The molecule has 0 aliphatic carbocycles. The van der Waals surface area contributed by atoms with Crippen molar-refractivity contribution in [3.63, 3.8) is 0 Å². The van der Waals surface area contributed by atoms with Crippen LogP contribution in [-0.4, -0.2) is 58.2 Å². The van der Waals surface area contributed by atoms with Crippen LogP contribution in [0.15, 0.2) is 0 Å². The predicted octanol–water partition coefficient (Wildman–Crippen LogP) is 0.567. The van der Waals surface area contributed by atoms with Gasteiger partial charge in [0.2, 0.25) is 0 Å². The van der Waals surface area contributed by atoms with Gasteiger partial charge in [-0.15, -0.1) is 0 Å². The number of hydrogen-bond donors (Lipinski definition) is 2. The first-order chi connectivity index (χ1) is 9.45. The molecule has 0 radical (unpaired) electrons. The molecule has 2 N–H and O–H groups in total. The molecule has 120 valence electrons. The van der Waals surface area contributed by atoms with Crippen LogP contribution in [0.4, 0.5) is 0 Å². The van der Waals surface area contributed by atoms with Gasteiger partial charge in [-0.25, -0.2) is 0 Å². The van der Waals surface area contributed by atoms with E-state index < -0.39 is 10.2 Å². The molecular weight excluding hydrogens is 278 g/mol. The standard InChI is InChI=1S/C13H29N3O3S/c1-4-19-10-7-15-20(17,18)16-8-5-13(6-9-16)11-14-12(2)3/h12-15H,4-11H2,1-3H3. The van der Waals surface area contributed by atoms with Crippen LogP contribution in [0.1, 0.15) is 33.6 Å². The van der Waals surface area contributed by atoms with Crippen molar-refractivity contribution in [1.29, 1.82) is 0 Å². The number of rotatable bonds is 9. The molecule has 0 amide bonds. The smallest absolute Gasteiger partial charge is 0.279 e. The number of nitrogens with one attached hydrogen (secondary N) is 2. The summed E-state index contributed by atoms with van der Waals surface area (Å²) in [6, 6.07) is 0.483. The van der Waals surface area contributed by atoms with Crippen LogP contribution in [0, 0.1) is 5.92 Å². The third kappa shape index (κ3) is 6.49. The van der Waals surface area contributed by atoms with E-state index in [1.807, 2.05) is 6.92 Å². The number of piperidine rings is 1. The predicted molar refractivity (Wildman–Crippen MR) is 80.9 cm³/mol. The van der Waals surface area contributed by atoms with Gasteiger partial charge in [-0.3, -0.25) is 0 Å². The quantitative estimate of drug-likeness (QED) is 0.611. The molecule has 0 saturated carbocycles. The molecule has 1 aliphatic rings. The largest absolute Gasteiger partial charge is 0.380 e. The molecule has 1 fully saturated rings. The zero-order valence-corrected chi connectivity index (χ0v) is 13.7. The lowest BCUT2D eigenvalue weighted by Crippen LogP contribution is -2.47. The van der Waals surface area contributed by atoms with Gasteiger partial charge in [0.25, 0.3) is 10.2 Å². The van der Waals surface area contributed by atoms with Gasteiger partial charge in [0, 0.05) is 32.3 Å². The van der Waals surface area contributed by atoms with Gasteiger partial charge in [0.15, 0.2) is 0 Å². The van der Waals surface area contributed by atoms with E-state index in [0.29, 0.717) is 44.8 Å². The Kier molecular flexibility index (Phi) is 7.98. The van der Waals surface area contributed by atoms with Gasteiger partial charge in [-0.05, 0) is 32.2 Å². The van der Waals surface area contributed by atoms with E-state index in [1.165, 1.54) is 0 Å². The van der Waals surface area contributed by atoms with Gasteiger partial charge >= 0.3 is 0 Å². The first kappa shape index (κ1) is 17.8. The van der Waals surface area contributed by atoms with Crippen molar-refractivity contribution in [3.8, 4) is 0 Å². The number of ether oxygens (including phenoxy) is 1. The molecule has 0 bridgehead atoms. The monoisotopic (exact) mass is 307 g/mol. The van der Waals surface area contributed by atoms with Crippen molar-refractivity contribution < 1.29 is 13.2 Å². The molecule has 0 aromatic heterocycles. The third-order valence-electron chi connectivity index (χ3n) is 3.46. The Labute approximate surface area is 123 Å². The first-order valence-corrected chi connectivity index (χ1v) is 8.95. The zero-order valence-electron chi connectivity index (χ0n) is 12.9. The Balaban J connectivity index is 2.28. The average molecular weight is 307 g/mol. The zero-order chi connectivity index (χ0) is 15.0.